The molecular weight excluding hydrogens is 316 g/mol. The summed E-state index contributed by atoms with van der Waals surface area (Å²) >= 11 is 5.81. The van der Waals surface area contributed by atoms with Gasteiger partial charge >= 0.3 is 0 Å². The van der Waals surface area contributed by atoms with Crippen LogP contribution < -0.4 is 5.32 Å². The van der Waals surface area contributed by atoms with E-state index in [0.717, 1.165) is 6.26 Å². The second-order valence-electron chi connectivity index (χ2n) is 5.10. The number of phenols is 1. The van der Waals surface area contributed by atoms with Crippen LogP contribution in [0.5, 0.6) is 5.75 Å². The van der Waals surface area contributed by atoms with Gasteiger partial charge in [-0.15, -0.1) is 0 Å². The molecule has 1 aromatic carbocycles. The minimum atomic E-state index is -3.26. The van der Waals surface area contributed by atoms with E-state index in [1.54, 1.807) is 0 Å². The van der Waals surface area contributed by atoms with E-state index >= 15 is 0 Å². The Morgan fingerprint density at radius 3 is 2.86 bits per heavy atom. The molecule has 2 rings (SSSR count). The lowest BCUT2D eigenvalue weighted by atomic mass is 10.1. The van der Waals surface area contributed by atoms with E-state index in [1.165, 1.54) is 22.5 Å². The molecule has 0 aliphatic carbocycles. The number of phenolic OH excluding ortho intramolecular Hbond substituents is 1. The molecular formula is C13H17ClN2O4S. The average Bonchev–Trinajstić information content (AvgIpc) is 2.41. The van der Waals surface area contributed by atoms with Crippen molar-refractivity contribution in [3.8, 4) is 5.75 Å². The van der Waals surface area contributed by atoms with Crippen molar-refractivity contribution in [2.45, 2.75) is 18.9 Å². The summed E-state index contributed by atoms with van der Waals surface area (Å²) in [5, 5.41) is 12.8. The molecule has 2 N–H and O–H groups in total. The summed E-state index contributed by atoms with van der Waals surface area (Å²) in [4.78, 5) is 12.1. The molecule has 1 saturated heterocycles. The van der Waals surface area contributed by atoms with Gasteiger partial charge < -0.3 is 10.4 Å². The molecule has 1 aromatic rings. The van der Waals surface area contributed by atoms with Gasteiger partial charge in [-0.05, 0) is 31.0 Å². The molecule has 21 heavy (non-hydrogen) atoms. The summed E-state index contributed by atoms with van der Waals surface area (Å²) in [5.41, 5.74) is 0.0824. The molecule has 1 fully saturated rings. The third kappa shape index (κ3) is 4.09. The number of halogens is 1. The Hall–Kier alpha value is -1.31. The van der Waals surface area contributed by atoms with E-state index in [4.69, 9.17) is 11.6 Å². The van der Waals surface area contributed by atoms with Gasteiger partial charge in [0.15, 0.2) is 0 Å². The van der Waals surface area contributed by atoms with Gasteiger partial charge in [-0.2, -0.15) is 0 Å². The number of carbonyl (C=O) groups is 1. The number of carbonyl (C=O) groups excluding carboxylic acids is 1. The molecule has 0 saturated carbocycles. The number of sulfonamides is 1. The lowest BCUT2D eigenvalue weighted by Gasteiger charge is -2.31. The van der Waals surface area contributed by atoms with Gasteiger partial charge in [-0.1, -0.05) is 11.6 Å². The summed E-state index contributed by atoms with van der Waals surface area (Å²) in [5.74, 6) is -0.622. The molecule has 8 heteroatoms. The van der Waals surface area contributed by atoms with E-state index in [-0.39, 0.29) is 23.9 Å². The molecule has 116 valence electrons. The van der Waals surface area contributed by atoms with E-state index in [2.05, 4.69) is 5.32 Å². The van der Waals surface area contributed by atoms with Crippen LogP contribution >= 0.6 is 11.6 Å². The summed E-state index contributed by atoms with van der Waals surface area (Å²) in [6, 6.07) is 3.93. The highest BCUT2D eigenvalue weighted by Crippen LogP contribution is 2.22. The molecule has 0 spiro atoms. The number of hydrogen-bond acceptors (Lipinski definition) is 4. The van der Waals surface area contributed by atoms with Crippen molar-refractivity contribution in [1.82, 2.24) is 9.62 Å². The topological polar surface area (TPSA) is 86.7 Å². The van der Waals surface area contributed by atoms with Crippen molar-refractivity contribution in [3.63, 3.8) is 0 Å². The summed E-state index contributed by atoms with van der Waals surface area (Å²) < 4.78 is 24.4. The first-order valence-corrected chi connectivity index (χ1v) is 8.74. The first kappa shape index (κ1) is 16.1. The highest BCUT2D eigenvalue weighted by atomic mass is 35.5. The van der Waals surface area contributed by atoms with Crippen molar-refractivity contribution < 1.29 is 18.3 Å². The Balaban J connectivity index is 2.07. The van der Waals surface area contributed by atoms with Crippen molar-refractivity contribution in [2.75, 3.05) is 19.3 Å². The third-order valence-electron chi connectivity index (χ3n) is 3.39. The maximum Gasteiger partial charge on any atom is 0.255 e. The van der Waals surface area contributed by atoms with Crippen LogP contribution in [0.2, 0.25) is 5.02 Å². The molecule has 1 amide bonds. The van der Waals surface area contributed by atoms with E-state index < -0.39 is 15.9 Å². The fraction of sp³-hybridized carbons (Fsp3) is 0.462. The smallest absolute Gasteiger partial charge is 0.255 e. The quantitative estimate of drug-likeness (QED) is 0.870. The van der Waals surface area contributed by atoms with Crippen LogP contribution in [0.25, 0.3) is 0 Å². The SMILES string of the molecule is CS(=O)(=O)N1CCC[C@H](NC(=O)c2cc(Cl)ccc2O)C1. The largest absolute Gasteiger partial charge is 0.507 e. The molecule has 0 aromatic heterocycles. The normalized spacial score (nSPS) is 20.2. The number of rotatable bonds is 3. The minimum Gasteiger partial charge on any atom is -0.507 e. The maximum absolute atomic E-state index is 12.1. The predicted molar refractivity (Wildman–Crippen MR) is 80.0 cm³/mol. The number of benzene rings is 1. The van der Waals surface area contributed by atoms with Crippen LogP contribution in [0.15, 0.2) is 18.2 Å². The summed E-state index contributed by atoms with van der Waals surface area (Å²) in [6.07, 6.45) is 2.53. The van der Waals surface area contributed by atoms with Gasteiger partial charge in [0.05, 0.1) is 11.8 Å². The zero-order chi connectivity index (χ0) is 15.6. The predicted octanol–water partition coefficient (Wildman–Crippen LogP) is 1.20. The Bertz CT molecular complexity index is 648. The van der Waals surface area contributed by atoms with Crippen LogP contribution in [0.3, 0.4) is 0 Å². The zero-order valence-electron chi connectivity index (χ0n) is 11.5. The van der Waals surface area contributed by atoms with Crippen molar-refractivity contribution >= 4 is 27.5 Å². The van der Waals surface area contributed by atoms with Gasteiger partial charge in [0, 0.05) is 24.2 Å². The van der Waals surface area contributed by atoms with E-state index in [1.807, 2.05) is 0 Å². The molecule has 1 atom stereocenters. The monoisotopic (exact) mass is 332 g/mol. The second-order valence-corrected chi connectivity index (χ2v) is 7.51. The third-order valence-corrected chi connectivity index (χ3v) is 4.90. The summed E-state index contributed by atoms with van der Waals surface area (Å²) in [6.45, 7) is 0.708. The molecule has 6 nitrogen and oxygen atoms in total. The first-order valence-electron chi connectivity index (χ1n) is 6.52. The van der Waals surface area contributed by atoms with Gasteiger partial charge in [-0.25, -0.2) is 12.7 Å². The lowest BCUT2D eigenvalue weighted by Crippen LogP contribution is -2.49. The van der Waals surface area contributed by atoms with E-state index in [0.29, 0.717) is 24.4 Å². The standard InChI is InChI=1S/C13H17ClN2O4S/c1-21(19,20)16-6-2-3-10(8-16)15-13(18)11-7-9(14)4-5-12(11)17/h4-5,7,10,17H,2-3,6,8H2,1H3,(H,15,18)/t10-/m0/s1. The number of nitrogens with zero attached hydrogens (tertiary/aromatic N) is 1. The van der Waals surface area contributed by atoms with Crippen LogP contribution in [-0.4, -0.2) is 49.1 Å². The molecule has 1 heterocycles. The molecule has 1 aliphatic rings. The van der Waals surface area contributed by atoms with E-state index in [9.17, 15) is 18.3 Å². The fourth-order valence-electron chi connectivity index (χ4n) is 2.31. The fourth-order valence-corrected chi connectivity index (χ4v) is 3.40. The first-order chi connectivity index (χ1) is 9.77. The lowest BCUT2D eigenvalue weighted by molar-refractivity contribution is 0.0919. The summed E-state index contributed by atoms with van der Waals surface area (Å²) in [7, 11) is -3.26. The molecule has 0 radical (unpaired) electrons. The van der Waals surface area contributed by atoms with Crippen molar-refractivity contribution in [2.24, 2.45) is 0 Å². The Morgan fingerprint density at radius 2 is 2.19 bits per heavy atom. The van der Waals surface area contributed by atoms with Gasteiger partial charge in [-0.3, -0.25) is 4.79 Å². The van der Waals surface area contributed by atoms with Crippen LogP contribution in [0.1, 0.15) is 23.2 Å². The Labute approximate surface area is 128 Å². The number of amides is 1. The number of nitrogens with one attached hydrogen (secondary N) is 1. The second kappa shape index (κ2) is 6.21. The van der Waals surface area contributed by atoms with Gasteiger partial charge in [0.1, 0.15) is 5.75 Å². The van der Waals surface area contributed by atoms with Crippen LogP contribution in [-0.2, 0) is 10.0 Å². The zero-order valence-corrected chi connectivity index (χ0v) is 13.1. The highest BCUT2D eigenvalue weighted by molar-refractivity contribution is 7.88. The van der Waals surface area contributed by atoms with Crippen LogP contribution in [0.4, 0.5) is 0 Å². The number of hydrogen-bond donors (Lipinski definition) is 2. The maximum atomic E-state index is 12.1. The molecule has 0 unspecified atom stereocenters. The highest BCUT2D eigenvalue weighted by Gasteiger charge is 2.27. The van der Waals surface area contributed by atoms with Gasteiger partial charge in [0.2, 0.25) is 10.0 Å². The molecule has 1 aliphatic heterocycles. The molecule has 0 bridgehead atoms. The number of aromatic hydroxyl groups is 1. The Morgan fingerprint density at radius 1 is 1.48 bits per heavy atom. The average molecular weight is 333 g/mol. The van der Waals surface area contributed by atoms with Gasteiger partial charge in [0.25, 0.3) is 5.91 Å². The number of piperidine rings is 1. The van der Waals surface area contributed by atoms with Crippen molar-refractivity contribution in [3.05, 3.63) is 28.8 Å². The minimum absolute atomic E-state index is 0.0824. The van der Waals surface area contributed by atoms with Crippen LogP contribution in [0, 0.1) is 0 Å². The Kier molecular flexibility index (Phi) is 4.75. The van der Waals surface area contributed by atoms with Crippen molar-refractivity contribution in [1.29, 1.82) is 0 Å².